The summed E-state index contributed by atoms with van der Waals surface area (Å²) in [6.07, 6.45) is 3.16. The van der Waals surface area contributed by atoms with Crippen LogP contribution in [0.25, 0.3) is 0 Å². The predicted octanol–water partition coefficient (Wildman–Crippen LogP) is 3.76. The summed E-state index contributed by atoms with van der Waals surface area (Å²) in [6, 6.07) is 12.7. The van der Waals surface area contributed by atoms with Gasteiger partial charge < -0.3 is 19.7 Å². The molecule has 28 heavy (non-hydrogen) atoms. The summed E-state index contributed by atoms with van der Waals surface area (Å²) in [5.74, 6) is 1.36. The molecule has 148 valence electrons. The number of rotatable bonds is 7. The minimum atomic E-state index is -0.263. The summed E-state index contributed by atoms with van der Waals surface area (Å²) in [6.45, 7) is 4.30. The molecule has 1 N–H and O–H groups in total. The van der Waals surface area contributed by atoms with Gasteiger partial charge in [0.05, 0.1) is 7.11 Å². The largest absolute Gasteiger partial charge is 0.493 e. The maximum atomic E-state index is 12.2. The van der Waals surface area contributed by atoms with E-state index in [2.05, 4.69) is 17.1 Å². The lowest BCUT2D eigenvalue weighted by atomic mass is 9.99. The van der Waals surface area contributed by atoms with E-state index in [1.165, 1.54) is 25.6 Å². The SMILES string of the molecule is COc1cc(C=O)ccc1OCC(=O)Nc1ccc(N2CCC(C)CC2)cc1. The van der Waals surface area contributed by atoms with Gasteiger partial charge >= 0.3 is 0 Å². The van der Waals surface area contributed by atoms with Crippen molar-refractivity contribution in [1.82, 2.24) is 0 Å². The zero-order valence-corrected chi connectivity index (χ0v) is 16.3. The normalized spacial score (nSPS) is 14.4. The number of hydrogen-bond acceptors (Lipinski definition) is 5. The Morgan fingerprint density at radius 3 is 2.50 bits per heavy atom. The lowest BCUT2D eigenvalue weighted by molar-refractivity contribution is -0.118. The number of ether oxygens (including phenoxy) is 2. The Morgan fingerprint density at radius 1 is 1.14 bits per heavy atom. The molecule has 1 saturated heterocycles. The Morgan fingerprint density at radius 2 is 1.86 bits per heavy atom. The Hall–Kier alpha value is -3.02. The molecule has 1 aliphatic rings. The highest BCUT2D eigenvalue weighted by Crippen LogP contribution is 2.28. The summed E-state index contributed by atoms with van der Waals surface area (Å²) >= 11 is 0. The Labute approximate surface area is 165 Å². The van der Waals surface area contributed by atoms with E-state index in [9.17, 15) is 9.59 Å². The van der Waals surface area contributed by atoms with Crippen molar-refractivity contribution in [3.05, 3.63) is 48.0 Å². The smallest absolute Gasteiger partial charge is 0.262 e. The summed E-state index contributed by atoms with van der Waals surface area (Å²) in [7, 11) is 1.49. The van der Waals surface area contributed by atoms with E-state index >= 15 is 0 Å². The van der Waals surface area contributed by atoms with Gasteiger partial charge in [0.1, 0.15) is 6.29 Å². The molecule has 2 aromatic rings. The summed E-state index contributed by atoms with van der Waals surface area (Å²) in [5, 5.41) is 2.83. The number of methoxy groups -OCH3 is 1. The second-order valence-electron chi connectivity index (χ2n) is 7.08. The number of amides is 1. The highest BCUT2D eigenvalue weighted by molar-refractivity contribution is 5.92. The average molecular weight is 382 g/mol. The Balaban J connectivity index is 1.53. The van der Waals surface area contributed by atoms with Crippen LogP contribution in [0, 0.1) is 5.92 Å². The summed E-state index contributed by atoms with van der Waals surface area (Å²) in [4.78, 5) is 25.4. The van der Waals surface area contributed by atoms with Crippen molar-refractivity contribution in [3.8, 4) is 11.5 Å². The maximum Gasteiger partial charge on any atom is 0.262 e. The quantitative estimate of drug-likeness (QED) is 0.739. The molecule has 0 aliphatic carbocycles. The number of nitrogens with one attached hydrogen (secondary N) is 1. The Bertz CT molecular complexity index is 812. The molecule has 0 saturated carbocycles. The number of hydrogen-bond donors (Lipinski definition) is 1. The van der Waals surface area contributed by atoms with Gasteiger partial charge in [-0.1, -0.05) is 6.92 Å². The minimum absolute atomic E-state index is 0.150. The summed E-state index contributed by atoms with van der Waals surface area (Å²) < 4.78 is 10.7. The monoisotopic (exact) mass is 382 g/mol. The van der Waals surface area contributed by atoms with Crippen LogP contribution in [0.1, 0.15) is 30.1 Å². The number of anilines is 2. The third kappa shape index (κ3) is 5.03. The van der Waals surface area contributed by atoms with Crippen molar-refractivity contribution in [2.24, 2.45) is 5.92 Å². The molecule has 0 atom stereocenters. The molecule has 1 heterocycles. The number of piperidine rings is 1. The van der Waals surface area contributed by atoms with Crippen LogP contribution in [-0.4, -0.2) is 39.0 Å². The molecule has 1 aliphatic heterocycles. The number of benzene rings is 2. The maximum absolute atomic E-state index is 12.2. The molecule has 6 nitrogen and oxygen atoms in total. The fourth-order valence-corrected chi connectivity index (χ4v) is 3.24. The third-order valence-electron chi connectivity index (χ3n) is 4.98. The van der Waals surface area contributed by atoms with Crippen molar-refractivity contribution < 1.29 is 19.1 Å². The molecular formula is C22H26N2O4. The van der Waals surface area contributed by atoms with Crippen molar-refractivity contribution in [2.75, 3.05) is 37.0 Å². The molecule has 0 radical (unpaired) electrons. The fraction of sp³-hybridized carbons (Fsp3) is 0.364. The van der Waals surface area contributed by atoms with Gasteiger partial charge in [0.15, 0.2) is 18.1 Å². The molecule has 0 unspecified atom stereocenters. The van der Waals surface area contributed by atoms with E-state index in [4.69, 9.17) is 9.47 Å². The van der Waals surface area contributed by atoms with Crippen molar-refractivity contribution in [3.63, 3.8) is 0 Å². The van der Waals surface area contributed by atoms with E-state index in [1.54, 1.807) is 18.2 Å². The van der Waals surface area contributed by atoms with E-state index in [0.717, 1.165) is 31.0 Å². The van der Waals surface area contributed by atoms with Crippen LogP contribution in [-0.2, 0) is 4.79 Å². The molecule has 3 rings (SSSR count). The van der Waals surface area contributed by atoms with Gasteiger partial charge in [-0.15, -0.1) is 0 Å². The van der Waals surface area contributed by atoms with Crippen LogP contribution < -0.4 is 19.7 Å². The zero-order chi connectivity index (χ0) is 19.9. The highest BCUT2D eigenvalue weighted by Gasteiger charge is 2.16. The standard InChI is InChI=1S/C22H26N2O4/c1-16-9-11-24(12-10-16)19-6-4-18(5-7-19)23-22(26)15-28-20-8-3-17(14-25)13-21(20)27-2/h3-8,13-14,16H,9-12,15H2,1-2H3,(H,23,26). The van der Waals surface area contributed by atoms with E-state index in [1.807, 2.05) is 24.3 Å². The fourth-order valence-electron chi connectivity index (χ4n) is 3.24. The van der Waals surface area contributed by atoms with Crippen LogP contribution >= 0.6 is 0 Å². The third-order valence-corrected chi connectivity index (χ3v) is 4.98. The molecule has 1 fully saturated rings. The van der Waals surface area contributed by atoms with Crippen molar-refractivity contribution >= 4 is 23.6 Å². The van der Waals surface area contributed by atoms with Gasteiger partial charge in [0.25, 0.3) is 5.91 Å². The lowest BCUT2D eigenvalue weighted by Crippen LogP contribution is -2.32. The molecule has 1 amide bonds. The minimum Gasteiger partial charge on any atom is -0.493 e. The predicted molar refractivity (Wildman–Crippen MR) is 110 cm³/mol. The molecule has 0 aromatic heterocycles. The second-order valence-corrected chi connectivity index (χ2v) is 7.08. The van der Waals surface area contributed by atoms with Crippen LogP contribution in [0.4, 0.5) is 11.4 Å². The van der Waals surface area contributed by atoms with Crippen molar-refractivity contribution in [2.45, 2.75) is 19.8 Å². The molecule has 2 aromatic carbocycles. The second kappa shape index (κ2) is 9.26. The zero-order valence-electron chi connectivity index (χ0n) is 16.3. The number of aldehydes is 1. The van der Waals surface area contributed by atoms with Gasteiger partial charge in [-0.05, 0) is 61.2 Å². The van der Waals surface area contributed by atoms with Crippen LogP contribution in [0.5, 0.6) is 11.5 Å². The molecule has 0 spiro atoms. The number of nitrogens with zero attached hydrogens (tertiary/aromatic N) is 1. The molecule has 0 bridgehead atoms. The average Bonchev–Trinajstić information content (AvgIpc) is 2.73. The van der Waals surface area contributed by atoms with Crippen LogP contribution in [0.3, 0.4) is 0 Å². The van der Waals surface area contributed by atoms with Gasteiger partial charge in [-0.2, -0.15) is 0 Å². The molecule has 6 heteroatoms. The Kier molecular flexibility index (Phi) is 6.53. The van der Waals surface area contributed by atoms with E-state index in [0.29, 0.717) is 17.1 Å². The van der Waals surface area contributed by atoms with E-state index < -0.39 is 0 Å². The van der Waals surface area contributed by atoms with Gasteiger partial charge in [-0.25, -0.2) is 0 Å². The number of carbonyl (C=O) groups excluding carboxylic acids is 2. The van der Waals surface area contributed by atoms with Gasteiger partial charge in [-0.3, -0.25) is 9.59 Å². The first-order valence-electron chi connectivity index (χ1n) is 9.50. The number of carbonyl (C=O) groups is 2. The van der Waals surface area contributed by atoms with E-state index in [-0.39, 0.29) is 12.5 Å². The first-order chi connectivity index (χ1) is 13.6. The summed E-state index contributed by atoms with van der Waals surface area (Å²) in [5.41, 5.74) is 2.39. The molecular weight excluding hydrogens is 356 g/mol. The topological polar surface area (TPSA) is 67.9 Å². The lowest BCUT2D eigenvalue weighted by Gasteiger charge is -2.32. The first-order valence-corrected chi connectivity index (χ1v) is 9.50. The van der Waals surface area contributed by atoms with Gasteiger partial charge in [0, 0.05) is 30.0 Å². The van der Waals surface area contributed by atoms with Crippen LogP contribution in [0.2, 0.25) is 0 Å². The highest BCUT2D eigenvalue weighted by atomic mass is 16.5. The van der Waals surface area contributed by atoms with Crippen molar-refractivity contribution in [1.29, 1.82) is 0 Å². The van der Waals surface area contributed by atoms with Crippen LogP contribution in [0.15, 0.2) is 42.5 Å². The first kappa shape index (κ1) is 19.7. The van der Waals surface area contributed by atoms with Gasteiger partial charge in [0.2, 0.25) is 0 Å².